The Labute approximate surface area is 118 Å². The lowest BCUT2D eigenvalue weighted by molar-refractivity contribution is 0.446. The van der Waals surface area contributed by atoms with Gasteiger partial charge < -0.3 is 9.73 Å². The summed E-state index contributed by atoms with van der Waals surface area (Å²) in [4.78, 5) is 0. The first-order valence-electron chi connectivity index (χ1n) is 5.31. The summed E-state index contributed by atoms with van der Waals surface area (Å²) in [7, 11) is 1.93. The average molecular weight is 359 g/mol. The maximum atomic E-state index is 5.62. The van der Waals surface area contributed by atoms with Crippen molar-refractivity contribution >= 4 is 31.9 Å². The van der Waals surface area contributed by atoms with Crippen molar-refractivity contribution in [1.82, 2.24) is 5.32 Å². The van der Waals surface area contributed by atoms with Gasteiger partial charge in [0.15, 0.2) is 4.67 Å². The molecule has 1 unspecified atom stereocenters. The summed E-state index contributed by atoms with van der Waals surface area (Å²) in [6.07, 6.45) is 0. The third-order valence-corrected chi connectivity index (χ3v) is 4.21. The van der Waals surface area contributed by atoms with Gasteiger partial charge in [-0.3, -0.25) is 0 Å². The number of aryl methyl sites for hydroxylation is 1. The van der Waals surface area contributed by atoms with E-state index in [0.717, 1.165) is 14.9 Å². The summed E-state index contributed by atoms with van der Waals surface area (Å²) in [6.45, 7) is 2.08. The smallest absolute Gasteiger partial charge is 0.169 e. The first kappa shape index (κ1) is 12.9. The van der Waals surface area contributed by atoms with Crippen LogP contribution in [0.2, 0.25) is 0 Å². The fourth-order valence-electron chi connectivity index (χ4n) is 1.83. The van der Waals surface area contributed by atoms with Gasteiger partial charge in [0, 0.05) is 4.47 Å². The van der Waals surface area contributed by atoms with E-state index in [2.05, 4.69) is 62.3 Å². The SMILES string of the molecule is CNC(c1ccc(Br)o1)c1cccc(C)c1Br. The van der Waals surface area contributed by atoms with Crippen LogP contribution in [0, 0.1) is 6.92 Å². The van der Waals surface area contributed by atoms with E-state index in [-0.39, 0.29) is 6.04 Å². The molecule has 2 aromatic rings. The van der Waals surface area contributed by atoms with Crippen LogP contribution >= 0.6 is 31.9 Å². The molecule has 4 heteroatoms. The molecule has 2 nitrogen and oxygen atoms in total. The molecule has 0 radical (unpaired) electrons. The minimum atomic E-state index is 0.0515. The molecule has 0 saturated carbocycles. The van der Waals surface area contributed by atoms with Crippen LogP contribution in [0.3, 0.4) is 0 Å². The average Bonchev–Trinajstić information content (AvgIpc) is 2.72. The number of nitrogens with one attached hydrogen (secondary N) is 1. The molecular weight excluding hydrogens is 346 g/mol. The Balaban J connectivity index is 2.45. The van der Waals surface area contributed by atoms with Crippen molar-refractivity contribution in [3.63, 3.8) is 0 Å². The molecule has 1 atom stereocenters. The number of hydrogen-bond acceptors (Lipinski definition) is 2. The van der Waals surface area contributed by atoms with E-state index in [1.807, 2.05) is 19.2 Å². The van der Waals surface area contributed by atoms with E-state index in [4.69, 9.17) is 4.42 Å². The second-order valence-corrected chi connectivity index (χ2v) is 5.42. The lowest BCUT2D eigenvalue weighted by Crippen LogP contribution is -2.17. The van der Waals surface area contributed by atoms with Crippen molar-refractivity contribution in [2.45, 2.75) is 13.0 Å². The van der Waals surface area contributed by atoms with Crippen LogP contribution in [0.5, 0.6) is 0 Å². The molecule has 0 bridgehead atoms. The van der Waals surface area contributed by atoms with Crippen LogP contribution in [0.25, 0.3) is 0 Å². The van der Waals surface area contributed by atoms with E-state index < -0.39 is 0 Å². The van der Waals surface area contributed by atoms with Crippen molar-refractivity contribution in [1.29, 1.82) is 0 Å². The largest absolute Gasteiger partial charge is 0.452 e. The molecule has 1 heterocycles. The fourth-order valence-corrected chi connectivity index (χ4v) is 2.64. The summed E-state index contributed by atoms with van der Waals surface area (Å²) < 4.78 is 7.48. The summed E-state index contributed by atoms with van der Waals surface area (Å²) in [5.41, 5.74) is 2.39. The van der Waals surface area contributed by atoms with Gasteiger partial charge in [-0.25, -0.2) is 0 Å². The summed E-state index contributed by atoms with van der Waals surface area (Å²) >= 11 is 6.96. The van der Waals surface area contributed by atoms with Gasteiger partial charge in [0.05, 0.1) is 6.04 Å². The van der Waals surface area contributed by atoms with Gasteiger partial charge in [-0.1, -0.05) is 34.1 Å². The number of benzene rings is 1. The van der Waals surface area contributed by atoms with Crippen LogP contribution in [-0.2, 0) is 0 Å². The second kappa shape index (κ2) is 5.38. The minimum absolute atomic E-state index is 0.0515. The molecule has 0 spiro atoms. The van der Waals surface area contributed by atoms with Crippen molar-refractivity contribution in [2.24, 2.45) is 0 Å². The van der Waals surface area contributed by atoms with Gasteiger partial charge in [-0.05, 0) is 53.2 Å². The molecule has 1 N–H and O–H groups in total. The molecule has 0 aliphatic rings. The van der Waals surface area contributed by atoms with Crippen LogP contribution in [0.15, 0.2) is 43.9 Å². The standard InChI is InChI=1S/C13H13Br2NO/c1-8-4-3-5-9(12(8)15)13(16-2)10-6-7-11(14)17-10/h3-7,13,16H,1-2H3. The monoisotopic (exact) mass is 357 g/mol. The molecule has 1 aromatic carbocycles. The Kier molecular flexibility index (Phi) is 4.07. The zero-order valence-corrected chi connectivity index (χ0v) is 12.8. The van der Waals surface area contributed by atoms with Gasteiger partial charge >= 0.3 is 0 Å². The van der Waals surface area contributed by atoms with Gasteiger partial charge in [0.2, 0.25) is 0 Å². The van der Waals surface area contributed by atoms with E-state index in [1.165, 1.54) is 11.1 Å². The molecule has 0 aliphatic carbocycles. The zero-order chi connectivity index (χ0) is 12.4. The Morgan fingerprint density at radius 2 is 1.94 bits per heavy atom. The molecular formula is C13H13Br2NO. The molecule has 0 amide bonds. The predicted molar refractivity (Wildman–Crippen MR) is 76.2 cm³/mol. The van der Waals surface area contributed by atoms with Crippen molar-refractivity contribution in [3.05, 3.63) is 56.4 Å². The van der Waals surface area contributed by atoms with Gasteiger partial charge in [0.25, 0.3) is 0 Å². The zero-order valence-electron chi connectivity index (χ0n) is 9.63. The van der Waals surface area contributed by atoms with Gasteiger partial charge in [-0.2, -0.15) is 0 Å². The number of hydrogen-bond donors (Lipinski definition) is 1. The number of furan rings is 1. The van der Waals surface area contributed by atoms with Crippen molar-refractivity contribution in [3.8, 4) is 0 Å². The quantitative estimate of drug-likeness (QED) is 0.878. The predicted octanol–water partition coefficient (Wildman–Crippen LogP) is 4.42. The highest BCUT2D eigenvalue weighted by molar-refractivity contribution is 9.10. The maximum Gasteiger partial charge on any atom is 0.169 e. The lowest BCUT2D eigenvalue weighted by atomic mass is 10.0. The molecule has 17 heavy (non-hydrogen) atoms. The highest BCUT2D eigenvalue weighted by Crippen LogP contribution is 2.32. The highest BCUT2D eigenvalue weighted by Gasteiger charge is 2.18. The van der Waals surface area contributed by atoms with Gasteiger partial charge in [0.1, 0.15) is 5.76 Å². The van der Waals surface area contributed by atoms with E-state index in [0.29, 0.717) is 0 Å². The molecule has 0 aliphatic heterocycles. The van der Waals surface area contributed by atoms with Crippen molar-refractivity contribution < 1.29 is 4.42 Å². The Bertz CT molecular complexity index is 522. The Morgan fingerprint density at radius 1 is 1.18 bits per heavy atom. The minimum Gasteiger partial charge on any atom is -0.452 e. The molecule has 2 rings (SSSR count). The summed E-state index contributed by atoms with van der Waals surface area (Å²) in [5, 5.41) is 3.27. The van der Waals surface area contributed by atoms with E-state index >= 15 is 0 Å². The highest BCUT2D eigenvalue weighted by atomic mass is 79.9. The third kappa shape index (κ3) is 2.64. The second-order valence-electron chi connectivity index (χ2n) is 3.84. The molecule has 0 saturated heterocycles. The van der Waals surface area contributed by atoms with Crippen LogP contribution < -0.4 is 5.32 Å². The Morgan fingerprint density at radius 3 is 2.53 bits per heavy atom. The third-order valence-electron chi connectivity index (χ3n) is 2.70. The van der Waals surface area contributed by atoms with Gasteiger partial charge in [-0.15, -0.1) is 0 Å². The normalized spacial score (nSPS) is 12.7. The Hall–Kier alpha value is -0.580. The first-order chi connectivity index (χ1) is 8.13. The maximum absolute atomic E-state index is 5.62. The fraction of sp³-hybridized carbons (Fsp3) is 0.231. The van der Waals surface area contributed by atoms with Crippen LogP contribution in [-0.4, -0.2) is 7.05 Å². The number of halogens is 2. The topological polar surface area (TPSA) is 25.2 Å². The van der Waals surface area contributed by atoms with E-state index in [9.17, 15) is 0 Å². The molecule has 1 aromatic heterocycles. The van der Waals surface area contributed by atoms with Crippen LogP contribution in [0.4, 0.5) is 0 Å². The first-order valence-corrected chi connectivity index (χ1v) is 6.89. The molecule has 0 fully saturated rings. The summed E-state index contributed by atoms with van der Waals surface area (Å²) in [6, 6.07) is 10.2. The number of rotatable bonds is 3. The van der Waals surface area contributed by atoms with E-state index in [1.54, 1.807) is 0 Å². The van der Waals surface area contributed by atoms with Crippen LogP contribution in [0.1, 0.15) is 22.9 Å². The van der Waals surface area contributed by atoms with Crippen molar-refractivity contribution in [2.75, 3.05) is 7.05 Å². The molecule has 90 valence electrons. The lowest BCUT2D eigenvalue weighted by Gasteiger charge is -2.16. The summed E-state index contributed by atoms with van der Waals surface area (Å²) in [5.74, 6) is 0.894.